The molecule has 0 aliphatic rings. The van der Waals surface area contributed by atoms with E-state index < -0.39 is 28.5 Å². The van der Waals surface area contributed by atoms with Crippen molar-refractivity contribution in [1.82, 2.24) is 10.2 Å². The number of rotatable bonds is 11. The molecular formula is C25H35N3O5S. The predicted molar refractivity (Wildman–Crippen MR) is 134 cm³/mol. The first-order valence-corrected chi connectivity index (χ1v) is 13.1. The van der Waals surface area contributed by atoms with Gasteiger partial charge in [0.1, 0.15) is 18.3 Å². The Morgan fingerprint density at radius 2 is 1.71 bits per heavy atom. The van der Waals surface area contributed by atoms with Crippen LogP contribution in [0.4, 0.5) is 5.69 Å². The first kappa shape index (κ1) is 27.2. The second-order valence-electron chi connectivity index (χ2n) is 8.31. The molecule has 8 nitrogen and oxygen atoms in total. The summed E-state index contributed by atoms with van der Waals surface area (Å²) in [5.41, 5.74) is 2.96. The topological polar surface area (TPSA) is 96.0 Å². The molecule has 0 aromatic heterocycles. The number of carbonyl (C=O) groups excluding carboxylic acids is 2. The third kappa shape index (κ3) is 7.21. The number of carbonyl (C=O) groups is 2. The molecule has 1 N–H and O–H groups in total. The van der Waals surface area contributed by atoms with Crippen LogP contribution in [0.5, 0.6) is 5.75 Å². The van der Waals surface area contributed by atoms with Gasteiger partial charge in [0, 0.05) is 13.1 Å². The summed E-state index contributed by atoms with van der Waals surface area (Å²) < 4.78 is 31.8. The minimum atomic E-state index is -3.76. The van der Waals surface area contributed by atoms with Crippen molar-refractivity contribution in [2.24, 2.45) is 0 Å². The second-order valence-corrected chi connectivity index (χ2v) is 10.2. The van der Waals surface area contributed by atoms with Gasteiger partial charge in [0.2, 0.25) is 21.8 Å². The van der Waals surface area contributed by atoms with E-state index in [0.717, 1.165) is 27.3 Å². The van der Waals surface area contributed by atoms with Gasteiger partial charge in [-0.1, -0.05) is 25.1 Å². The molecule has 0 spiro atoms. The first-order chi connectivity index (χ1) is 16.0. The molecule has 0 aliphatic carbocycles. The summed E-state index contributed by atoms with van der Waals surface area (Å²) in [6.07, 6.45) is 1.45. The Hall–Kier alpha value is -3.07. The standard InChI is InChI=1S/C25H35N3O5S/c1-7-23(25(30)26-8-2)27(16-20-10-9-11-22(15-20)33-5)24(29)17-28(34(6,31)32)21-13-18(3)12-19(4)14-21/h9-15,23H,7-8,16-17H2,1-6H3,(H,26,30). The molecule has 0 saturated heterocycles. The molecule has 1 unspecified atom stereocenters. The van der Waals surface area contributed by atoms with Crippen molar-refractivity contribution in [3.63, 3.8) is 0 Å². The van der Waals surface area contributed by atoms with Gasteiger partial charge in [-0.25, -0.2) is 8.42 Å². The van der Waals surface area contributed by atoms with E-state index in [1.165, 1.54) is 4.90 Å². The quantitative estimate of drug-likeness (QED) is 0.523. The van der Waals surface area contributed by atoms with Crippen LogP contribution in [0.15, 0.2) is 42.5 Å². The number of hydrogen-bond acceptors (Lipinski definition) is 5. The summed E-state index contributed by atoms with van der Waals surface area (Å²) in [5.74, 6) is -0.118. The molecule has 2 amide bonds. The minimum absolute atomic E-state index is 0.135. The van der Waals surface area contributed by atoms with Crippen LogP contribution >= 0.6 is 0 Å². The zero-order chi connectivity index (χ0) is 25.5. The number of benzene rings is 2. The summed E-state index contributed by atoms with van der Waals surface area (Å²) in [6.45, 7) is 7.52. The summed E-state index contributed by atoms with van der Waals surface area (Å²) in [5, 5.41) is 2.78. The molecule has 2 aromatic rings. The lowest BCUT2D eigenvalue weighted by Crippen LogP contribution is -2.52. The monoisotopic (exact) mass is 489 g/mol. The smallest absolute Gasteiger partial charge is 0.244 e. The summed E-state index contributed by atoms with van der Waals surface area (Å²) in [4.78, 5) is 27.9. The van der Waals surface area contributed by atoms with Crippen molar-refractivity contribution in [3.05, 3.63) is 59.2 Å². The Bertz CT molecular complexity index is 1100. The number of methoxy groups -OCH3 is 1. The van der Waals surface area contributed by atoms with Gasteiger partial charge >= 0.3 is 0 Å². The Balaban J connectivity index is 2.47. The van der Waals surface area contributed by atoms with Crippen molar-refractivity contribution in [2.45, 2.75) is 46.7 Å². The number of nitrogens with zero attached hydrogens (tertiary/aromatic N) is 2. The largest absolute Gasteiger partial charge is 0.497 e. The van der Waals surface area contributed by atoms with Gasteiger partial charge in [0.15, 0.2) is 0 Å². The third-order valence-corrected chi connectivity index (χ3v) is 6.54. The number of sulfonamides is 1. The molecule has 2 aromatic carbocycles. The fourth-order valence-electron chi connectivity index (χ4n) is 3.89. The number of anilines is 1. The maximum atomic E-state index is 13.6. The Labute approximate surface area is 202 Å². The fourth-order valence-corrected chi connectivity index (χ4v) is 4.72. The van der Waals surface area contributed by atoms with E-state index in [0.29, 0.717) is 24.4 Å². The molecule has 1 atom stereocenters. The molecule has 34 heavy (non-hydrogen) atoms. The van der Waals surface area contributed by atoms with Crippen molar-refractivity contribution < 1.29 is 22.7 Å². The van der Waals surface area contributed by atoms with E-state index in [2.05, 4.69) is 5.32 Å². The highest BCUT2D eigenvalue weighted by molar-refractivity contribution is 7.92. The number of likely N-dealkylation sites (N-methyl/N-ethyl adjacent to an activating group) is 1. The van der Waals surface area contributed by atoms with E-state index in [1.54, 1.807) is 31.4 Å². The Morgan fingerprint density at radius 3 is 2.24 bits per heavy atom. The average Bonchev–Trinajstić information content (AvgIpc) is 2.76. The lowest BCUT2D eigenvalue weighted by molar-refractivity contribution is -0.140. The van der Waals surface area contributed by atoms with Gasteiger partial charge in [0.25, 0.3) is 0 Å². The third-order valence-electron chi connectivity index (χ3n) is 5.40. The average molecular weight is 490 g/mol. The van der Waals surface area contributed by atoms with Crippen LogP contribution in [0.2, 0.25) is 0 Å². The van der Waals surface area contributed by atoms with Crippen LogP contribution < -0.4 is 14.4 Å². The van der Waals surface area contributed by atoms with Gasteiger partial charge in [-0.2, -0.15) is 0 Å². The summed E-state index contributed by atoms with van der Waals surface area (Å²) >= 11 is 0. The molecule has 186 valence electrons. The fraction of sp³-hybridized carbons (Fsp3) is 0.440. The molecular weight excluding hydrogens is 454 g/mol. The van der Waals surface area contributed by atoms with E-state index >= 15 is 0 Å². The van der Waals surface area contributed by atoms with Crippen LogP contribution in [0.25, 0.3) is 0 Å². The van der Waals surface area contributed by atoms with E-state index in [-0.39, 0.29) is 12.5 Å². The Kier molecular flexibility index (Phi) is 9.49. The van der Waals surface area contributed by atoms with Crippen LogP contribution in [-0.4, -0.2) is 57.6 Å². The molecule has 0 aliphatic heterocycles. The molecule has 2 rings (SSSR count). The van der Waals surface area contributed by atoms with Crippen LogP contribution in [0, 0.1) is 13.8 Å². The minimum Gasteiger partial charge on any atom is -0.497 e. The highest BCUT2D eigenvalue weighted by Crippen LogP contribution is 2.23. The lowest BCUT2D eigenvalue weighted by atomic mass is 10.1. The van der Waals surface area contributed by atoms with Crippen molar-refractivity contribution in [3.8, 4) is 5.75 Å². The van der Waals surface area contributed by atoms with Gasteiger partial charge in [-0.05, 0) is 68.1 Å². The van der Waals surface area contributed by atoms with E-state index in [1.807, 2.05) is 45.9 Å². The molecule has 0 fully saturated rings. The zero-order valence-corrected chi connectivity index (χ0v) is 21.6. The molecule has 0 saturated carbocycles. The van der Waals surface area contributed by atoms with Crippen LogP contribution in [0.3, 0.4) is 0 Å². The highest BCUT2D eigenvalue weighted by Gasteiger charge is 2.31. The molecule has 0 bridgehead atoms. The van der Waals surface area contributed by atoms with Crippen LogP contribution in [0.1, 0.15) is 37.0 Å². The number of amides is 2. The van der Waals surface area contributed by atoms with E-state index in [4.69, 9.17) is 4.74 Å². The predicted octanol–water partition coefficient (Wildman–Crippen LogP) is 3.02. The molecule has 0 heterocycles. The van der Waals surface area contributed by atoms with Gasteiger partial charge in [-0.15, -0.1) is 0 Å². The normalized spacial score (nSPS) is 12.1. The summed E-state index contributed by atoms with van der Waals surface area (Å²) in [6, 6.07) is 11.9. The second kappa shape index (κ2) is 11.9. The maximum absolute atomic E-state index is 13.6. The SMILES string of the molecule is CCNC(=O)C(CC)N(Cc1cccc(OC)c1)C(=O)CN(c1cc(C)cc(C)c1)S(C)(=O)=O. The summed E-state index contributed by atoms with van der Waals surface area (Å²) in [7, 11) is -2.21. The molecule has 0 radical (unpaired) electrons. The first-order valence-electron chi connectivity index (χ1n) is 11.3. The zero-order valence-electron chi connectivity index (χ0n) is 20.8. The van der Waals surface area contributed by atoms with E-state index in [9.17, 15) is 18.0 Å². The van der Waals surface area contributed by atoms with Crippen molar-refractivity contribution >= 4 is 27.5 Å². The lowest BCUT2D eigenvalue weighted by Gasteiger charge is -2.33. The van der Waals surface area contributed by atoms with Crippen LogP contribution in [-0.2, 0) is 26.2 Å². The Morgan fingerprint density at radius 1 is 1.06 bits per heavy atom. The number of hydrogen-bond donors (Lipinski definition) is 1. The van der Waals surface area contributed by atoms with Gasteiger partial charge in [-0.3, -0.25) is 13.9 Å². The maximum Gasteiger partial charge on any atom is 0.244 e. The number of aryl methyl sites for hydroxylation is 2. The highest BCUT2D eigenvalue weighted by atomic mass is 32.2. The van der Waals surface area contributed by atoms with Crippen molar-refractivity contribution in [1.29, 1.82) is 0 Å². The van der Waals surface area contributed by atoms with Gasteiger partial charge in [0.05, 0.1) is 19.1 Å². The van der Waals surface area contributed by atoms with Gasteiger partial charge < -0.3 is 15.0 Å². The molecule has 9 heteroatoms. The number of nitrogens with one attached hydrogen (secondary N) is 1. The number of ether oxygens (including phenoxy) is 1. The van der Waals surface area contributed by atoms with Crippen molar-refractivity contribution in [2.75, 3.05) is 30.8 Å².